The predicted octanol–water partition coefficient (Wildman–Crippen LogP) is 0.285. The van der Waals surface area contributed by atoms with Crippen LogP contribution in [0.4, 0.5) is 0 Å². The van der Waals surface area contributed by atoms with Crippen LogP contribution in [0.15, 0.2) is 23.1 Å². The number of rotatable bonds is 5. The largest absolute Gasteiger partial charge is 0.377 e. The second-order valence-electron chi connectivity index (χ2n) is 3.25. The van der Waals surface area contributed by atoms with Crippen LogP contribution < -0.4 is 0 Å². The second kappa shape index (κ2) is 5.26. The smallest absolute Gasteiger partial charge is 0.234 e. The van der Waals surface area contributed by atoms with Gasteiger partial charge in [-0.3, -0.25) is 9.78 Å². The Labute approximate surface area is 96.8 Å². The summed E-state index contributed by atoms with van der Waals surface area (Å²) in [5.74, 6) is 0.438. The minimum Gasteiger partial charge on any atom is -0.377 e. The zero-order valence-corrected chi connectivity index (χ0v) is 9.16. The first-order valence-electron chi connectivity index (χ1n) is 4.89. The number of carbonyl (C=O) groups excluding carboxylic acids is 1. The number of aromatic nitrogens is 4. The number of Topliss-reactive ketones (excluding diaryl/α,β-unsaturated/α-hetero) is 1. The van der Waals surface area contributed by atoms with Gasteiger partial charge in [0.25, 0.3) is 0 Å². The Kier molecular flexibility index (Phi) is 3.51. The van der Waals surface area contributed by atoms with E-state index in [1.54, 1.807) is 6.20 Å². The van der Waals surface area contributed by atoms with Crippen molar-refractivity contribution < 1.29 is 14.1 Å². The molecule has 0 fully saturated rings. The summed E-state index contributed by atoms with van der Waals surface area (Å²) < 4.78 is 9.64. The molecule has 0 saturated heterocycles. The predicted molar refractivity (Wildman–Crippen MR) is 55.9 cm³/mol. The number of hydrogen-bond acceptors (Lipinski definition) is 7. The van der Waals surface area contributed by atoms with E-state index in [0.717, 1.165) is 0 Å². The lowest BCUT2D eigenvalue weighted by Gasteiger charge is -1.93. The first-order valence-corrected chi connectivity index (χ1v) is 4.89. The third kappa shape index (κ3) is 2.91. The van der Waals surface area contributed by atoms with Gasteiger partial charge < -0.3 is 9.26 Å². The van der Waals surface area contributed by atoms with Crippen LogP contribution in [0.3, 0.4) is 0 Å². The van der Waals surface area contributed by atoms with Crippen LogP contribution in [-0.2, 0) is 16.0 Å². The molecule has 0 aliphatic rings. The number of methoxy groups -OCH3 is 1. The molecule has 7 nitrogen and oxygen atoms in total. The molecular formula is C10H10N4O3. The summed E-state index contributed by atoms with van der Waals surface area (Å²) in [7, 11) is 1.46. The molecule has 2 aromatic heterocycles. The van der Waals surface area contributed by atoms with Crippen molar-refractivity contribution in [3.63, 3.8) is 0 Å². The minimum absolute atomic E-state index is 0.0306. The number of nitrogens with zero attached hydrogens (tertiary/aromatic N) is 4. The normalized spacial score (nSPS) is 10.4. The quantitative estimate of drug-likeness (QED) is 0.733. The molecule has 0 spiro atoms. The molecule has 2 rings (SSSR count). The Hall–Kier alpha value is -2.15. The van der Waals surface area contributed by atoms with Gasteiger partial charge in [-0.2, -0.15) is 4.98 Å². The molecule has 17 heavy (non-hydrogen) atoms. The third-order valence-electron chi connectivity index (χ3n) is 1.91. The Morgan fingerprint density at radius 3 is 3.06 bits per heavy atom. The van der Waals surface area contributed by atoms with Crippen molar-refractivity contribution in [2.24, 2.45) is 0 Å². The highest BCUT2D eigenvalue weighted by atomic mass is 16.5. The molecule has 0 atom stereocenters. The molecule has 2 aromatic rings. The first-order chi connectivity index (χ1) is 8.29. The molecule has 0 bridgehead atoms. The lowest BCUT2D eigenvalue weighted by molar-refractivity contribution is -0.122. The van der Waals surface area contributed by atoms with Crippen molar-refractivity contribution in [2.45, 2.75) is 6.42 Å². The fourth-order valence-electron chi connectivity index (χ4n) is 1.23. The van der Waals surface area contributed by atoms with Crippen LogP contribution in [-0.4, -0.2) is 39.6 Å². The zero-order valence-electron chi connectivity index (χ0n) is 9.16. The molecule has 0 amide bonds. The fraction of sp³-hybridized carbons (Fsp3) is 0.300. The summed E-state index contributed by atoms with van der Waals surface area (Å²) in [5, 5.41) is 3.72. The molecule has 0 radical (unpaired) electrons. The van der Waals surface area contributed by atoms with Crippen molar-refractivity contribution in [1.29, 1.82) is 0 Å². The molecule has 0 aliphatic carbocycles. The van der Waals surface area contributed by atoms with Crippen LogP contribution in [0.2, 0.25) is 0 Å². The van der Waals surface area contributed by atoms with E-state index in [1.807, 2.05) is 0 Å². The summed E-state index contributed by atoms with van der Waals surface area (Å²) >= 11 is 0. The first kappa shape index (κ1) is 11.3. The van der Waals surface area contributed by atoms with E-state index in [1.165, 1.54) is 19.5 Å². The Morgan fingerprint density at radius 1 is 1.47 bits per heavy atom. The highest BCUT2D eigenvalue weighted by Gasteiger charge is 2.12. The lowest BCUT2D eigenvalue weighted by atomic mass is 10.3. The molecule has 0 aliphatic heterocycles. The van der Waals surface area contributed by atoms with Gasteiger partial charge in [0.2, 0.25) is 11.7 Å². The van der Waals surface area contributed by atoms with Crippen molar-refractivity contribution >= 4 is 5.78 Å². The van der Waals surface area contributed by atoms with Crippen molar-refractivity contribution in [1.82, 2.24) is 20.1 Å². The van der Waals surface area contributed by atoms with Crippen LogP contribution in [0.25, 0.3) is 11.5 Å². The van der Waals surface area contributed by atoms with E-state index in [0.29, 0.717) is 11.5 Å². The van der Waals surface area contributed by atoms with E-state index >= 15 is 0 Å². The molecule has 0 saturated carbocycles. The van der Waals surface area contributed by atoms with Crippen LogP contribution >= 0.6 is 0 Å². The van der Waals surface area contributed by atoms with Gasteiger partial charge in [-0.05, 0) is 0 Å². The molecular weight excluding hydrogens is 224 g/mol. The van der Waals surface area contributed by atoms with E-state index < -0.39 is 0 Å². The van der Waals surface area contributed by atoms with E-state index in [2.05, 4.69) is 20.1 Å². The van der Waals surface area contributed by atoms with Crippen LogP contribution in [0.1, 0.15) is 5.89 Å². The summed E-state index contributed by atoms with van der Waals surface area (Å²) in [6, 6.07) is 0. The minimum atomic E-state index is -0.123. The van der Waals surface area contributed by atoms with Gasteiger partial charge in [0.05, 0.1) is 12.6 Å². The maximum Gasteiger partial charge on any atom is 0.234 e. The molecule has 0 N–H and O–H groups in total. The second-order valence-corrected chi connectivity index (χ2v) is 3.25. The number of carbonyl (C=O) groups is 1. The van der Waals surface area contributed by atoms with E-state index in [9.17, 15) is 4.79 Å². The average molecular weight is 234 g/mol. The zero-order chi connectivity index (χ0) is 12.1. The molecule has 2 heterocycles. The van der Waals surface area contributed by atoms with Crippen LogP contribution in [0.5, 0.6) is 0 Å². The van der Waals surface area contributed by atoms with Crippen molar-refractivity contribution in [3.8, 4) is 11.5 Å². The van der Waals surface area contributed by atoms with Gasteiger partial charge in [-0.15, -0.1) is 0 Å². The van der Waals surface area contributed by atoms with Crippen molar-refractivity contribution in [3.05, 3.63) is 24.5 Å². The lowest BCUT2D eigenvalue weighted by Crippen LogP contribution is -2.09. The van der Waals surface area contributed by atoms with Crippen LogP contribution in [0, 0.1) is 0 Å². The third-order valence-corrected chi connectivity index (χ3v) is 1.91. The maximum absolute atomic E-state index is 11.3. The molecule has 7 heteroatoms. The summed E-state index contributed by atoms with van der Waals surface area (Å²) in [4.78, 5) is 23.2. The molecule has 0 unspecified atom stereocenters. The summed E-state index contributed by atoms with van der Waals surface area (Å²) in [6.07, 6.45) is 4.65. The number of hydrogen-bond donors (Lipinski definition) is 0. The highest BCUT2D eigenvalue weighted by Crippen LogP contribution is 2.11. The Morgan fingerprint density at radius 2 is 2.35 bits per heavy atom. The summed E-state index contributed by atoms with van der Waals surface area (Å²) in [6.45, 7) is 0.0306. The van der Waals surface area contributed by atoms with Gasteiger partial charge in [-0.25, -0.2) is 4.98 Å². The van der Waals surface area contributed by atoms with Gasteiger partial charge in [0.1, 0.15) is 12.3 Å². The van der Waals surface area contributed by atoms with E-state index in [-0.39, 0.29) is 24.7 Å². The Balaban J connectivity index is 2.09. The topological polar surface area (TPSA) is 91.0 Å². The van der Waals surface area contributed by atoms with Gasteiger partial charge in [0, 0.05) is 19.5 Å². The van der Waals surface area contributed by atoms with Gasteiger partial charge in [-0.1, -0.05) is 5.16 Å². The summed E-state index contributed by atoms with van der Waals surface area (Å²) in [5.41, 5.74) is 0.502. The Bertz CT molecular complexity index is 497. The highest BCUT2D eigenvalue weighted by molar-refractivity contribution is 5.81. The average Bonchev–Trinajstić information content (AvgIpc) is 2.79. The SMILES string of the molecule is COCC(=O)Cc1nc(-c2cnccn2)no1. The van der Waals surface area contributed by atoms with Crippen molar-refractivity contribution in [2.75, 3.05) is 13.7 Å². The number of ether oxygens (including phenoxy) is 1. The standard InChI is InChI=1S/C10H10N4O3/c1-16-6-7(15)4-9-13-10(14-17-9)8-5-11-2-3-12-8/h2-3,5H,4,6H2,1H3. The fourth-order valence-corrected chi connectivity index (χ4v) is 1.23. The van der Waals surface area contributed by atoms with Gasteiger partial charge >= 0.3 is 0 Å². The molecule has 0 aromatic carbocycles. The number of ketones is 1. The monoisotopic (exact) mass is 234 g/mol. The maximum atomic E-state index is 11.3. The molecule has 88 valence electrons. The van der Waals surface area contributed by atoms with Gasteiger partial charge in [0.15, 0.2) is 5.78 Å². The van der Waals surface area contributed by atoms with E-state index in [4.69, 9.17) is 9.26 Å².